The van der Waals surface area contributed by atoms with Gasteiger partial charge in [-0.2, -0.15) is 4.72 Å². The molecule has 0 radical (unpaired) electrons. The first-order valence-corrected chi connectivity index (χ1v) is 14.0. The fourth-order valence-electron chi connectivity index (χ4n) is 5.10. The summed E-state index contributed by atoms with van der Waals surface area (Å²) in [6.07, 6.45) is 2.09. The third-order valence-electron chi connectivity index (χ3n) is 7.11. The van der Waals surface area contributed by atoms with Crippen LogP contribution in [0.4, 0.5) is 0 Å². The molecule has 9 heteroatoms. The Labute approximate surface area is 216 Å². The van der Waals surface area contributed by atoms with Crippen LogP contribution in [-0.4, -0.2) is 55.2 Å². The number of likely N-dealkylation sites (tertiary alicyclic amines) is 1. The lowest BCUT2D eigenvalue weighted by atomic mass is 10.0. The minimum atomic E-state index is -3.93. The van der Waals surface area contributed by atoms with Crippen LogP contribution in [0.25, 0.3) is 10.8 Å². The number of aryl methyl sites for hydroxylation is 1. The van der Waals surface area contributed by atoms with Gasteiger partial charge in [0.15, 0.2) is 0 Å². The molecule has 2 heterocycles. The van der Waals surface area contributed by atoms with Gasteiger partial charge in [0, 0.05) is 24.7 Å². The summed E-state index contributed by atoms with van der Waals surface area (Å²) in [6.45, 7) is 3.19. The van der Waals surface area contributed by atoms with E-state index in [-0.39, 0.29) is 16.7 Å². The van der Waals surface area contributed by atoms with Crippen molar-refractivity contribution in [3.05, 3.63) is 76.8 Å². The summed E-state index contributed by atoms with van der Waals surface area (Å²) in [5.41, 5.74) is 2.38. The largest absolute Gasteiger partial charge is 0.337 e. The van der Waals surface area contributed by atoms with Crippen LogP contribution >= 0.6 is 11.6 Å². The van der Waals surface area contributed by atoms with Crippen molar-refractivity contribution in [1.82, 2.24) is 14.5 Å². The van der Waals surface area contributed by atoms with Gasteiger partial charge in [-0.1, -0.05) is 48.0 Å². The lowest BCUT2D eigenvalue weighted by Gasteiger charge is -2.30. The van der Waals surface area contributed by atoms with E-state index in [9.17, 15) is 18.0 Å². The van der Waals surface area contributed by atoms with E-state index in [4.69, 9.17) is 11.6 Å². The average molecular weight is 526 g/mol. The highest BCUT2D eigenvalue weighted by atomic mass is 35.5. The summed E-state index contributed by atoms with van der Waals surface area (Å²) in [5, 5.41) is 2.13. The van der Waals surface area contributed by atoms with E-state index in [1.165, 1.54) is 16.5 Å². The number of carbonyl (C=O) groups excluding carboxylic acids is 2. The number of hydrogen-bond acceptors (Lipinski definition) is 4. The van der Waals surface area contributed by atoms with Gasteiger partial charge in [-0.15, -0.1) is 0 Å². The molecule has 7 nitrogen and oxygen atoms in total. The van der Waals surface area contributed by atoms with Crippen molar-refractivity contribution in [2.24, 2.45) is 0 Å². The topological polar surface area (TPSA) is 86.8 Å². The maximum absolute atomic E-state index is 13.3. The van der Waals surface area contributed by atoms with Gasteiger partial charge < -0.3 is 9.80 Å². The first-order chi connectivity index (χ1) is 17.2. The molecule has 1 N–H and O–H groups in total. The Kier molecular flexibility index (Phi) is 6.76. The number of halogens is 1. The van der Waals surface area contributed by atoms with Crippen LogP contribution in [0.2, 0.25) is 5.02 Å². The van der Waals surface area contributed by atoms with E-state index < -0.39 is 22.1 Å². The molecule has 2 atom stereocenters. The van der Waals surface area contributed by atoms with Crippen molar-refractivity contribution in [3.8, 4) is 0 Å². The molecule has 0 bridgehead atoms. The Morgan fingerprint density at radius 3 is 2.56 bits per heavy atom. The zero-order chi connectivity index (χ0) is 25.4. The maximum atomic E-state index is 13.3. The highest BCUT2D eigenvalue weighted by molar-refractivity contribution is 7.89. The van der Waals surface area contributed by atoms with Crippen molar-refractivity contribution >= 4 is 44.2 Å². The third kappa shape index (κ3) is 4.85. The number of sulfonamides is 1. The number of fused-ring (bicyclic) bond motifs is 2. The van der Waals surface area contributed by atoms with Crippen LogP contribution in [0.5, 0.6) is 0 Å². The van der Waals surface area contributed by atoms with E-state index in [2.05, 4.69) is 10.8 Å². The smallest absolute Gasteiger partial charge is 0.245 e. The third-order valence-corrected chi connectivity index (χ3v) is 8.82. The first-order valence-electron chi connectivity index (χ1n) is 12.1. The zero-order valence-electron chi connectivity index (χ0n) is 20.0. The normalized spacial score (nSPS) is 19.3. The van der Waals surface area contributed by atoms with Crippen LogP contribution < -0.4 is 4.72 Å². The molecule has 0 unspecified atom stereocenters. The highest BCUT2D eigenvalue weighted by Gasteiger charge is 2.40. The van der Waals surface area contributed by atoms with Crippen LogP contribution in [-0.2, 0) is 32.6 Å². The first kappa shape index (κ1) is 24.7. The van der Waals surface area contributed by atoms with E-state index in [1.807, 2.05) is 23.1 Å². The van der Waals surface area contributed by atoms with Gasteiger partial charge in [0.25, 0.3) is 0 Å². The summed E-state index contributed by atoms with van der Waals surface area (Å²) in [5.74, 6) is -0.487. The molecule has 0 aliphatic carbocycles. The SMILES string of the molecule is C[C@@H](C(=O)N1CCCc2ccccc2C1)N1CC[C@H](NS(=O)(=O)c2ccc3cc(Cl)ccc3c2)C1=O. The lowest BCUT2D eigenvalue weighted by Crippen LogP contribution is -2.50. The molecule has 0 saturated carbocycles. The van der Waals surface area contributed by atoms with E-state index >= 15 is 0 Å². The van der Waals surface area contributed by atoms with Gasteiger partial charge in [0.05, 0.1) is 4.90 Å². The molecule has 1 saturated heterocycles. The summed E-state index contributed by atoms with van der Waals surface area (Å²) in [4.78, 5) is 29.9. The van der Waals surface area contributed by atoms with Gasteiger partial charge in [0.2, 0.25) is 21.8 Å². The monoisotopic (exact) mass is 525 g/mol. The number of hydrogen-bond donors (Lipinski definition) is 1. The fraction of sp³-hybridized carbons (Fsp3) is 0.333. The second-order valence-electron chi connectivity index (χ2n) is 9.46. The minimum absolute atomic E-state index is 0.0796. The number of nitrogens with one attached hydrogen (secondary N) is 1. The van der Waals surface area contributed by atoms with Crippen molar-refractivity contribution < 1.29 is 18.0 Å². The van der Waals surface area contributed by atoms with Crippen molar-refractivity contribution in [3.63, 3.8) is 0 Å². The number of benzene rings is 3. The second kappa shape index (κ2) is 9.84. The summed E-state index contributed by atoms with van der Waals surface area (Å²) in [6, 6.07) is 16.5. The molecule has 2 aliphatic rings. The van der Waals surface area contributed by atoms with Crippen LogP contribution in [0, 0.1) is 0 Å². The van der Waals surface area contributed by atoms with E-state index in [0.717, 1.165) is 29.2 Å². The minimum Gasteiger partial charge on any atom is -0.337 e. The molecule has 2 amide bonds. The van der Waals surface area contributed by atoms with Gasteiger partial charge >= 0.3 is 0 Å². The van der Waals surface area contributed by atoms with Crippen LogP contribution in [0.15, 0.2) is 65.6 Å². The lowest BCUT2D eigenvalue weighted by molar-refractivity contribution is -0.143. The van der Waals surface area contributed by atoms with Gasteiger partial charge in [-0.3, -0.25) is 9.59 Å². The van der Waals surface area contributed by atoms with E-state index in [0.29, 0.717) is 31.1 Å². The zero-order valence-corrected chi connectivity index (χ0v) is 21.6. The summed E-state index contributed by atoms with van der Waals surface area (Å²) < 4.78 is 28.7. The Balaban J connectivity index is 1.27. The Hall–Kier alpha value is -2.94. The molecule has 0 aromatic heterocycles. The molecule has 188 valence electrons. The van der Waals surface area contributed by atoms with Crippen molar-refractivity contribution in [2.45, 2.75) is 49.7 Å². The average Bonchev–Trinajstić information content (AvgIpc) is 3.08. The molecule has 5 rings (SSSR count). The van der Waals surface area contributed by atoms with Crippen molar-refractivity contribution in [2.75, 3.05) is 13.1 Å². The van der Waals surface area contributed by atoms with Crippen LogP contribution in [0.1, 0.15) is 30.9 Å². The summed E-state index contributed by atoms with van der Waals surface area (Å²) in [7, 11) is -3.93. The number of amides is 2. The van der Waals surface area contributed by atoms with E-state index in [1.54, 1.807) is 37.3 Å². The predicted octanol–water partition coefficient (Wildman–Crippen LogP) is 3.74. The Morgan fingerprint density at radius 1 is 1.03 bits per heavy atom. The molecule has 2 aliphatic heterocycles. The molecule has 1 fully saturated rings. The highest BCUT2D eigenvalue weighted by Crippen LogP contribution is 2.25. The van der Waals surface area contributed by atoms with Gasteiger partial charge in [-0.05, 0) is 72.4 Å². The molecular formula is C27H28ClN3O4S. The molecule has 0 spiro atoms. The Morgan fingerprint density at radius 2 is 1.75 bits per heavy atom. The number of carbonyl (C=O) groups is 2. The fourth-order valence-corrected chi connectivity index (χ4v) is 6.54. The molecular weight excluding hydrogens is 498 g/mol. The quantitative estimate of drug-likeness (QED) is 0.550. The van der Waals surface area contributed by atoms with Crippen molar-refractivity contribution in [1.29, 1.82) is 0 Å². The molecule has 3 aromatic rings. The van der Waals surface area contributed by atoms with Gasteiger partial charge in [-0.25, -0.2) is 8.42 Å². The second-order valence-corrected chi connectivity index (χ2v) is 11.6. The molecule has 36 heavy (non-hydrogen) atoms. The Bertz CT molecular complexity index is 1440. The standard InChI is InChI=1S/C27H28ClN3O4S/c1-18(26(32)30-13-4-7-19-5-2-3-6-22(19)17-30)31-14-12-25(27(31)33)29-36(34,35)24-11-9-20-15-23(28)10-8-21(20)16-24/h2-3,5-6,8-11,15-16,18,25,29H,4,7,12-14,17H2,1H3/t18-,25-/m0/s1. The van der Waals surface area contributed by atoms with Crippen LogP contribution in [0.3, 0.4) is 0 Å². The predicted molar refractivity (Wildman–Crippen MR) is 139 cm³/mol. The summed E-state index contributed by atoms with van der Waals surface area (Å²) >= 11 is 6.02. The maximum Gasteiger partial charge on any atom is 0.245 e. The number of nitrogens with zero attached hydrogens (tertiary/aromatic N) is 2. The number of rotatable bonds is 5. The molecule has 3 aromatic carbocycles. The van der Waals surface area contributed by atoms with Gasteiger partial charge in [0.1, 0.15) is 12.1 Å².